The first kappa shape index (κ1) is 23.8. The fraction of sp³-hybridized carbons (Fsp3) is 0.522. The molecular formula is C23H29F2N7O2. The van der Waals surface area contributed by atoms with Crippen molar-refractivity contribution >= 4 is 17.5 Å². The molecule has 182 valence electrons. The van der Waals surface area contributed by atoms with Gasteiger partial charge < -0.3 is 10.6 Å². The Morgan fingerprint density at radius 3 is 2.71 bits per heavy atom. The van der Waals surface area contributed by atoms with E-state index in [1.54, 1.807) is 33.9 Å². The van der Waals surface area contributed by atoms with Gasteiger partial charge in [0.05, 0.1) is 30.7 Å². The van der Waals surface area contributed by atoms with Gasteiger partial charge in [-0.2, -0.15) is 10.2 Å². The summed E-state index contributed by atoms with van der Waals surface area (Å²) < 4.78 is 29.3. The van der Waals surface area contributed by atoms with Crippen LogP contribution in [0, 0.1) is 5.92 Å². The number of amides is 2. The smallest absolute Gasteiger partial charge is 0.269 e. The second-order valence-corrected chi connectivity index (χ2v) is 9.12. The quantitative estimate of drug-likeness (QED) is 0.495. The van der Waals surface area contributed by atoms with Crippen molar-refractivity contribution in [1.29, 1.82) is 0 Å². The normalized spacial score (nSPS) is 16.4. The van der Waals surface area contributed by atoms with Crippen LogP contribution in [0.1, 0.15) is 80.3 Å². The monoisotopic (exact) mass is 473 g/mol. The van der Waals surface area contributed by atoms with E-state index < -0.39 is 5.92 Å². The molecular weight excluding hydrogens is 444 g/mol. The fourth-order valence-corrected chi connectivity index (χ4v) is 4.25. The van der Waals surface area contributed by atoms with Crippen LogP contribution in [0.2, 0.25) is 0 Å². The Morgan fingerprint density at radius 1 is 1.26 bits per heavy atom. The van der Waals surface area contributed by atoms with Crippen molar-refractivity contribution in [2.24, 2.45) is 5.92 Å². The third-order valence-electron chi connectivity index (χ3n) is 6.01. The van der Waals surface area contributed by atoms with Crippen molar-refractivity contribution in [3.63, 3.8) is 0 Å². The summed E-state index contributed by atoms with van der Waals surface area (Å²) >= 11 is 0. The highest BCUT2D eigenvalue weighted by molar-refractivity contribution is 5.92. The predicted molar refractivity (Wildman–Crippen MR) is 120 cm³/mol. The van der Waals surface area contributed by atoms with E-state index in [0.717, 1.165) is 5.56 Å². The van der Waals surface area contributed by atoms with Gasteiger partial charge >= 0.3 is 0 Å². The van der Waals surface area contributed by atoms with Crippen LogP contribution < -0.4 is 10.6 Å². The molecule has 1 aliphatic carbocycles. The maximum Gasteiger partial charge on any atom is 0.269 e. The van der Waals surface area contributed by atoms with Gasteiger partial charge in [0.25, 0.3) is 5.91 Å². The van der Waals surface area contributed by atoms with Gasteiger partial charge in [0.1, 0.15) is 5.69 Å². The number of halogens is 2. The second kappa shape index (κ2) is 9.47. The topological polar surface area (TPSA) is 106 Å². The first-order valence-corrected chi connectivity index (χ1v) is 11.5. The third kappa shape index (κ3) is 5.23. The summed E-state index contributed by atoms with van der Waals surface area (Å²) in [5, 5.41) is 14.3. The van der Waals surface area contributed by atoms with Crippen molar-refractivity contribution < 1.29 is 18.4 Å². The van der Waals surface area contributed by atoms with Gasteiger partial charge in [0.15, 0.2) is 5.65 Å². The van der Waals surface area contributed by atoms with Crippen LogP contribution >= 0.6 is 0 Å². The largest absolute Gasteiger partial charge is 0.349 e. The average Bonchev–Trinajstić information content (AvgIpc) is 3.41. The molecule has 0 aliphatic heterocycles. The Kier molecular flexibility index (Phi) is 6.63. The van der Waals surface area contributed by atoms with E-state index in [1.165, 1.54) is 0 Å². The van der Waals surface area contributed by atoms with E-state index in [2.05, 4.69) is 25.8 Å². The first-order valence-electron chi connectivity index (χ1n) is 11.5. The number of imidazole rings is 1. The summed E-state index contributed by atoms with van der Waals surface area (Å²) in [6.07, 6.45) is 5.26. The Morgan fingerprint density at radius 2 is 2.03 bits per heavy atom. The zero-order valence-corrected chi connectivity index (χ0v) is 19.5. The molecule has 3 aromatic rings. The lowest BCUT2D eigenvalue weighted by Crippen LogP contribution is -2.39. The average molecular weight is 474 g/mol. The number of hydrogen-bond donors (Lipinski definition) is 2. The molecule has 4 rings (SSSR count). The zero-order valence-electron chi connectivity index (χ0n) is 19.5. The first-order chi connectivity index (χ1) is 16.1. The van der Waals surface area contributed by atoms with Crippen molar-refractivity contribution in [3.8, 4) is 0 Å². The van der Waals surface area contributed by atoms with E-state index in [-0.39, 0.29) is 55.6 Å². The van der Waals surface area contributed by atoms with Crippen molar-refractivity contribution in [1.82, 2.24) is 35.0 Å². The number of aromatic nitrogens is 5. The minimum atomic E-state index is -2.63. The van der Waals surface area contributed by atoms with Crippen LogP contribution in [0.4, 0.5) is 8.78 Å². The molecule has 34 heavy (non-hydrogen) atoms. The number of alkyl halides is 2. The summed E-state index contributed by atoms with van der Waals surface area (Å²) in [4.78, 5) is 29.4. The zero-order chi connectivity index (χ0) is 24.5. The molecule has 0 radical (unpaired) electrons. The molecule has 0 bridgehead atoms. The number of fused-ring (bicyclic) bond motifs is 1. The molecule has 0 saturated heterocycles. The molecule has 1 atom stereocenters. The SMILES string of the molecule is CCC(NC(=O)CC1CC(F)(F)C1)c1cnn2cc(CNC(=O)c3ccnn3C(C)C)nc2c1. The van der Waals surface area contributed by atoms with Gasteiger partial charge in [-0.1, -0.05) is 6.92 Å². The molecule has 0 spiro atoms. The minimum Gasteiger partial charge on any atom is -0.349 e. The summed E-state index contributed by atoms with van der Waals surface area (Å²) in [5.41, 5.74) is 2.48. The second-order valence-electron chi connectivity index (χ2n) is 9.12. The molecule has 0 aromatic carbocycles. The van der Waals surface area contributed by atoms with Gasteiger partial charge in [0.2, 0.25) is 11.8 Å². The summed E-state index contributed by atoms with van der Waals surface area (Å²) in [6.45, 7) is 6.06. The molecule has 11 heteroatoms. The Balaban J connectivity index is 1.38. The van der Waals surface area contributed by atoms with Crippen LogP contribution in [0.25, 0.3) is 5.65 Å². The van der Waals surface area contributed by atoms with Crippen LogP contribution in [0.15, 0.2) is 30.7 Å². The van der Waals surface area contributed by atoms with E-state index in [1.807, 2.05) is 26.8 Å². The molecule has 2 N–H and O–H groups in total. The van der Waals surface area contributed by atoms with E-state index in [4.69, 9.17) is 0 Å². The Hall–Kier alpha value is -3.37. The number of nitrogens with zero attached hydrogens (tertiary/aromatic N) is 5. The van der Waals surface area contributed by atoms with Gasteiger partial charge in [-0.3, -0.25) is 14.3 Å². The maximum absolute atomic E-state index is 13.0. The minimum absolute atomic E-state index is 0.0650. The number of rotatable bonds is 9. The highest BCUT2D eigenvalue weighted by Crippen LogP contribution is 2.44. The number of carbonyl (C=O) groups excluding carboxylic acids is 2. The van der Waals surface area contributed by atoms with Crippen LogP contribution in [0.5, 0.6) is 0 Å². The fourth-order valence-electron chi connectivity index (χ4n) is 4.25. The highest BCUT2D eigenvalue weighted by Gasteiger charge is 2.45. The summed E-state index contributed by atoms with van der Waals surface area (Å²) in [7, 11) is 0. The van der Waals surface area contributed by atoms with Gasteiger partial charge in [-0.25, -0.2) is 18.3 Å². The standard InChI is InChI=1S/C23H29F2N7O2/c1-4-18(30-21(33)7-15-9-23(24,25)10-15)16-8-20-29-17(13-31(20)28-11-16)12-26-22(34)19-5-6-27-32(19)14(2)3/h5-6,8,11,13-15,18H,4,7,9-10,12H2,1-3H3,(H,26,34)(H,30,33). The lowest BCUT2D eigenvalue weighted by atomic mass is 9.79. The molecule has 1 aliphatic rings. The van der Waals surface area contributed by atoms with Crippen molar-refractivity contribution in [2.45, 2.75) is 71.0 Å². The molecule has 3 heterocycles. The Bertz CT molecular complexity index is 1180. The van der Waals surface area contributed by atoms with E-state index >= 15 is 0 Å². The van der Waals surface area contributed by atoms with Crippen LogP contribution in [-0.2, 0) is 11.3 Å². The number of hydrogen-bond acceptors (Lipinski definition) is 5. The van der Waals surface area contributed by atoms with Gasteiger partial charge in [-0.05, 0) is 43.9 Å². The highest BCUT2D eigenvalue weighted by atomic mass is 19.3. The number of nitrogens with one attached hydrogen (secondary N) is 2. The van der Waals surface area contributed by atoms with Crippen LogP contribution in [0.3, 0.4) is 0 Å². The van der Waals surface area contributed by atoms with Crippen LogP contribution in [-0.4, -0.2) is 42.1 Å². The molecule has 9 nitrogen and oxygen atoms in total. The van der Waals surface area contributed by atoms with Crippen molar-refractivity contribution in [2.75, 3.05) is 0 Å². The number of carbonyl (C=O) groups is 2. The lowest BCUT2D eigenvalue weighted by Gasteiger charge is -2.34. The van der Waals surface area contributed by atoms with E-state index in [0.29, 0.717) is 23.5 Å². The molecule has 3 aromatic heterocycles. The van der Waals surface area contributed by atoms with Gasteiger partial charge in [-0.15, -0.1) is 0 Å². The molecule has 1 saturated carbocycles. The van der Waals surface area contributed by atoms with Crippen molar-refractivity contribution in [3.05, 3.63) is 47.7 Å². The summed E-state index contributed by atoms with van der Waals surface area (Å²) in [5.74, 6) is -3.37. The lowest BCUT2D eigenvalue weighted by molar-refractivity contribution is -0.134. The third-order valence-corrected chi connectivity index (χ3v) is 6.01. The maximum atomic E-state index is 13.0. The molecule has 2 amide bonds. The van der Waals surface area contributed by atoms with E-state index in [9.17, 15) is 18.4 Å². The predicted octanol–water partition coefficient (Wildman–Crippen LogP) is 3.44. The molecule has 1 unspecified atom stereocenters. The molecule has 1 fully saturated rings. The summed E-state index contributed by atoms with van der Waals surface area (Å²) in [6, 6.07) is 3.28. The van der Waals surface area contributed by atoms with Gasteiger partial charge in [0, 0.05) is 31.5 Å². The Labute approximate surface area is 195 Å².